The Balaban J connectivity index is 1.95. The molecule has 0 spiro atoms. The Kier molecular flexibility index (Phi) is 6.51. The predicted molar refractivity (Wildman–Crippen MR) is 92.8 cm³/mol. The first-order valence-electron chi connectivity index (χ1n) is 7.52. The standard InChI is InChI=1S/C15H24BrN3OS/c1-3-17-15(18-9-11-5-4-6-13(11)20)19(2)10-12-7-8-14(16)21-12/h7-8,11,13,20H,3-6,9-10H2,1-2H3,(H,17,18). The second kappa shape index (κ2) is 8.15. The second-order valence-electron chi connectivity index (χ2n) is 5.51. The fraction of sp³-hybridized carbons (Fsp3) is 0.667. The summed E-state index contributed by atoms with van der Waals surface area (Å²) >= 11 is 5.25. The molecule has 1 aliphatic carbocycles. The Morgan fingerprint density at radius 2 is 2.33 bits per heavy atom. The average molecular weight is 374 g/mol. The maximum Gasteiger partial charge on any atom is 0.193 e. The number of rotatable bonds is 5. The summed E-state index contributed by atoms with van der Waals surface area (Å²) in [6, 6.07) is 4.21. The van der Waals surface area contributed by atoms with Crippen molar-refractivity contribution in [1.29, 1.82) is 0 Å². The molecule has 2 rings (SSSR count). The normalized spacial score (nSPS) is 22.6. The fourth-order valence-corrected chi connectivity index (χ4v) is 4.19. The van der Waals surface area contributed by atoms with Crippen molar-refractivity contribution in [1.82, 2.24) is 10.2 Å². The molecule has 118 valence electrons. The SMILES string of the molecule is CCNC(=NCC1CCCC1O)N(C)Cc1ccc(Br)s1. The molecular weight excluding hydrogens is 350 g/mol. The lowest BCUT2D eigenvalue weighted by molar-refractivity contribution is 0.136. The van der Waals surface area contributed by atoms with Crippen LogP contribution in [-0.2, 0) is 6.54 Å². The summed E-state index contributed by atoms with van der Waals surface area (Å²) in [5, 5.41) is 13.2. The number of aliphatic hydroxyl groups is 1. The van der Waals surface area contributed by atoms with Crippen LogP contribution in [0, 0.1) is 5.92 Å². The van der Waals surface area contributed by atoms with E-state index in [2.05, 4.69) is 52.3 Å². The molecule has 0 amide bonds. The molecule has 1 heterocycles. The maximum atomic E-state index is 9.90. The van der Waals surface area contributed by atoms with Crippen LogP contribution in [0.5, 0.6) is 0 Å². The third-order valence-electron chi connectivity index (χ3n) is 3.81. The third-order valence-corrected chi connectivity index (χ3v) is 5.42. The maximum absolute atomic E-state index is 9.90. The first-order valence-corrected chi connectivity index (χ1v) is 9.12. The summed E-state index contributed by atoms with van der Waals surface area (Å²) in [4.78, 5) is 8.16. The minimum absolute atomic E-state index is 0.171. The van der Waals surface area contributed by atoms with Crippen molar-refractivity contribution in [2.45, 2.75) is 38.8 Å². The molecule has 1 aromatic heterocycles. The Hall–Kier alpha value is -0.590. The van der Waals surface area contributed by atoms with Gasteiger partial charge in [0, 0.05) is 30.9 Å². The zero-order chi connectivity index (χ0) is 15.2. The molecule has 1 saturated carbocycles. The van der Waals surface area contributed by atoms with Gasteiger partial charge >= 0.3 is 0 Å². The molecule has 1 aromatic rings. The van der Waals surface area contributed by atoms with Gasteiger partial charge in [0.05, 0.1) is 16.4 Å². The second-order valence-corrected chi connectivity index (χ2v) is 8.06. The Labute approximate surface area is 139 Å². The minimum atomic E-state index is -0.171. The van der Waals surface area contributed by atoms with E-state index >= 15 is 0 Å². The topological polar surface area (TPSA) is 47.9 Å². The van der Waals surface area contributed by atoms with Crippen LogP contribution in [0.25, 0.3) is 0 Å². The number of nitrogens with one attached hydrogen (secondary N) is 1. The first kappa shape index (κ1) is 16.8. The average Bonchev–Trinajstić information content (AvgIpc) is 3.03. The zero-order valence-corrected chi connectivity index (χ0v) is 15.1. The number of thiophene rings is 1. The molecule has 6 heteroatoms. The van der Waals surface area contributed by atoms with Gasteiger partial charge < -0.3 is 15.3 Å². The van der Waals surface area contributed by atoms with Crippen LogP contribution in [0.4, 0.5) is 0 Å². The molecule has 0 aliphatic heterocycles. The van der Waals surface area contributed by atoms with E-state index in [9.17, 15) is 5.11 Å². The van der Waals surface area contributed by atoms with E-state index in [1.54, 1.807) is 11.3 Å². The summed E-state index contributed by atoms with van der Waals surface area (Å²) in [5.74, 6) is 1.24. The number of hydrogen-bond acceptors (Lipinski definition) is 3. The van der Waals surface area contributed by atoms with E-state index < -0.39 is 0 Å². The van der Waals surface area contributed by atoms with Crippen LogP contribution in [-0.4, -0.2) is 42.2 Å². The number of guanidine groups is 1. The highest BCUT2D eigenvalue weighted by molar-refractivity contribution is 9.11. The molecule has 4 nitrogen and oxygen atoms in total. The van der Waals surface area contributed by atoms with Gasteiger partial charge in [-0.25, -0.2) is 0 Å². The van der Waals surface area contributed by atoms with E-state index in [0.717, 1.165) is 42.1 Å². The van der Waals surface area contributed by atoms with Crippen molar-refractivity contribution >= 4 is 33.2 Å². The van der Waals surface area contributed by atoms with E-state index in [1.807, 2.05) is 0 Å². The largest absolute Gasteiger partial charge is 0.393 e. The van der Waals surface area contributed by atoms with Crippen molar-refractivity contribution in [3.63, 3.8) is 0 Å². The Morgan fingerprint density at radius 1 is 1.52 bits per heavy atom. The van der Waals surface area contributed by atoms with E-state index in [0.29, 0.717) is 12.5 Å². The summed E-state index contributed by atoms with van der Waals surface area (Å²) in [6.45, 7) is 4.48. The van der Waals surface area contributed by atoms with Gasteiger partial charge in [0.2, 0.25) is 0 Å². The van der Waals surface area contributed by atoms with Gasteiger partial charge in [0.15, 0.2) is 5.96 Å². The van der Waals surface area contributed by atoms with Crippen LogP contribution >= 0.6 is 27.3 Å². The number of nitrogens with zero attached hydrogens (tertiary/aromatic N) is 2. The lowest BCUT2D eigenvalue weighted by Crippen LogP contribution is -2.38. The lowest BCUT2D eigenvalue weighted by atomic mass is 10.1. The van der Waals surface area contributed by atoms with Crippen LogP contribution in [0.1, 0.15) is 31.1 Å². The molecule has 0 radical (unpaired) electrons. The van der Waals surface area contributed by atoms with Crippen molar-refractivity contribution in [3.05, 3.63) is 20.8 Å². The third kappa shape index (κ3) is 4.97. The van der Waals surface area contributed by atoms with Gasteiger partial charge in [0.1, 0.15) is 0 Å². The highest BCUT2D eigenvalue weighted by atomic mass is 79.9. The lowest BCUT2D eigenvalue weighted by Gasteiger charge is -2.22. The Bertz CT molecular complexity index is 477. The number of aliphatic hydroxyl groups excluding tert-OH is 1. The van der Waals surface area contributed by atoms with Gasteiger partial charge in [-0.2, -0.15) is 0 Å². The summed E-state index contributed by atoms with van der Waals surface area (Å²) in [7, 11) is 2.06. The van der Waals surface area contributed by atoms with Crippen LogP contribution in [0.2, 0.25) is 0 Å². The minimum Gasteiger partial charge on any atom is -0.393 e. The molecule has 1 fully saturated rings. The molecular formula is C15H24BrN3OS. The molecule has 0 saturated heterocycles. The Morgan fingerprint density at radius 3 is 2.90 bits per heavy atom. The highest BCUT2D eigenvalue weighted by Crippen LogP contribution is 2.26. The zero-order valence-electron chi connectivity index (χ0n) is 12.7. The molecule has 2 unspecified atom stereocenters. The molecule has 2 N–H and O–H groups in total. The molecule has 21 heavy (non-hydrogen) atoms. The van der Waals surface area contributed by atoms with Gasteiger partial charge in [-0.15, -0.1) is 11.3 Å². The van der Waals surface area contributed by atoms with Crippen LogP contribution in [0.15, 0.2) is 20.9 Å². The highest BCUT2D eigenvalue weighted by Gasteiger charge is 2.25. The van der Waals surface area contributed by atoms with Gasteiger partial charge in [0.25, 0.3) is 0 Å². The van der Waals surface area contributed by atoms with Gasteiger partial charge in [-0.05, 0) is 47.8 Å². The van der Waals surface area contributed by atoms with Gasteiger partial charge in [-0.3, -0.25) is 4.99 Å². The quantitative estimate of drug-likeness (QED) is 0.615. The van der Waals surface area contributed by atoms with Crippen molar-refractivity contribution in [2.24, 2.45) is 10.9 Å². The first-order chi connectivity index (χ1) is 10.1. The smallest absolute Gasteiger partial charge is 0.193 e. The predicted octanol–water partition coefficient (Wildman–Crippen LogP) is 3.07. The van der Waals surface area contributed by atoms with Crippen molar-refractivity contribution in [3.8, 4) is 0 Å². The molecule has 1 aliphatic rings. The van der Waals surface area contributed by atoms with E-state index in [-0.39, 0.29) is 6.10 Å². The van der Waals surface area contributed by atoms with E-state index in [4.69, 9.17) is 4.99 Å². The summed E-state index contributed by atoms with van der Waals surface area (Å²) < 4.78 is 1.15. The number of hydrogen-bond donors (Lipinski definition) is 2. The van der Waals surface area contributed by atoms with Gasteiger partial charge in [-0.1, -0.05) is 6.42 Å². The molecule has 0 bridgehead atoms. The fourth-order valence-electron chi connectivity index (χ4n) is 2.65. The molecule has 0 aromatic carbocycles. The monoisotopic (exact) mass is 373 g/mol. The number of halogens is 1. The summed E-state index contributed by atoms with van der Waals surface area (Å²) in [5.41, 5.74) is 0. The van der Waals surface area contributed by atoms with Crippen LogP contribution < -0.4 is 5.32 Å². The summed E-state index contributed by atoms with van der Waals surface area (Å²) in [6.07, 6.45) is 2.97. The van der Waals surface area contributed by atoms with E-state index in [1.165, 1.54) is 4.88 Å². The van der Waals surface area contributed by atoms with Crippen LogP contribution in [0.3, 0.4) is 0 Å². The van der Waals surface area contributed by atoms with Crippen molar-refractivity contribution in [2.75, 3.05) is 20.1 Å². The number of aliphatic imine (C=N–C) groups is 1. The van der Waals surface area contributed by atoms with Crippen molar-refractivity contribution < 1.29 is 5.11 Å². The molecule has 2 atom stereocenters.